The third kappa shape index (κ3) is 5.91. The molecule has 3 rings (SSSR count). The molecular weight excluding hydrogens is 376 g/mol. The number of amidine groups is 1. The van der Waals surface area contributed by atoms with Gasteiger partial charge in [-0.05, 0) is 28.5 Å². The molecule has 150 valence electrons. The summed E-state index contributed by atoms with van der Waals surface area (Å²) in [5.74, 6) is 0.975. The van der Waals surface area contributed by atoms with Crippen LogP contribution in [0.4, 0.5) is 0 Å². The summed E-state index contributed by atoms with van der Waals surface area (Å²) < 4.78 is 6.43. The maximum absolute atomic E-state index is 2.24. The highest BCUT2D eigenvalue weighted by Gasteiger charge is 2.12. The first-order valence-corrected chi connectivity index (χ1v) is 10.8. The largest absolute Gasteiger partial charge is 0.307 e. The molecule has 0 radical (unpaired) electrons. The summed E-state index contributed by atoms with van der Waals surface area (Å²) in [6.07, 6.45) is 8.46. The third-order valence-electron chi connectivity index (χ3n) is 4.72. The zero-order valence-electron chi connectivity index (χ0n) is 18.0. The zero-order chi connectivity index (χ0) is 20.8. The fourth-order valence-corrected chi connectivity index (χ4v) is 4.21. The van der Waals surface area contributed by atoms with Crippen LogP contribution in [0, 0.1) is 0 Å². The summed E-state index contributed by atoms with van der Waals surface area (Å²) >= 11 is 1.86. The minimum Gasteiger partial charge on any atom is -0.262 e. The highest BCUT2D eigenvalue weighted by molar-refractivity contribution is 8.12. The minimum absolute atomic E-state index is 0.879. The van der Waals surface area contributed by atoms with Gasteiger partial charge in [0.05, 0.1) is 28.2 Å². The van der Waals surface area contributed by atoms with Gasteiger partial charge in [-0.3, -0.25) is 9.48 Å². The second-order valence-corrected chi connectivity index (χ2v) is 8.63. The van der Waals surface area contributed by atoms with Crippen LogP contribution in [0.3, 0.4) is 0 Å². The highest BCUT2D eigenvalue weighted by Crippen LogP contribution is 2.17. The molecule has 0 aliphatic heterocycles. The van der Waals surface area contributed by atoms with Crippen molar-refractivity contribution in [1.82, 2.24) is 4.90 Å². The Labute approximate surface area is 178 Å². The number of pyridine rings is 2. The van der Waals surface area contributed by atoms with E-state index in [-0.39, 0.29) is 0 Å². The van der Waals surface area contributed by atoms with Gasteiger partial charge < -0.3 is 0 Å². The molecule has 0 amide bonds. The van der Waals surface area contributed by atoms with Crippen molar-refractivity contribution in [3.63, 3.8) is 0 Å². The number of thioether (sulfide) groups is 1. The highest BCUT2D eigenvalue weighted by atomic mass is 32.2. The Hall–Kier alpha value is -2.66. The number of hydrogen-bond acceptors (Lipinski definition) is 1. The summed E-state index contributed by atoms with van der Waals surface area (Å²) in [5, 5.41) is 1.26. The van der Waals surface area contributed by atoms with Gasteiger partial charge in [0.2, 0.25) is 0 Å². The van der Waals surface area contributed by atoms with Crippen LogP contribution in [0.2, 0.25) is 0 Å². The van der Waals surface area contributed by atoms with Crippen LogP contribution in [-0.2, 0) is 19.3 Å². The first-order valence-electron chi connectivity index (χ1n) is 9.79. The lowest BCUT2D eigenvalue weighted by Gasteiger charge is -2.10. The molecule has 0 atom stereocenters. The average Bonchev–Trinajstić information content (AvgIpc) is 2.70. The van der Waals surface area contributed by atoms with Crippen molar-refractivity contribution in [2.45, 2.75) is 12.3 Å². The number of aromatic nitrogens is 2. The molecule has 0 N–H and O–H groups in total. The van der Waals surface area contributed by atoms with Crippen molar-refractivity contribution in [2.24, 2.45) is 7.05 Å². The van der Waals surface area contributed by atoms with Gasteiger partial charge >= 0.3 is 5.17 Å². The lowest BCUT2D eigenvalue weighted by Crippen LogP contribution is -2.33. The van der Waals surface area contributed by atoms with Gasteiger partial charge in [0, 0.05) is 35.6 Å². The van der Waals surface area contributed by atoms with Crippen LogP contribution < -0.4 is 9.13 Å². The monoisotopic (exact) mass is 407 g/mol. The van der Waals surface area contributed by atoms with E-state index < -0.39 is 0 Å². The molecule has 0 bridgehead atoms. The van der Waals surface area contributed by atoms with E-state index in [1.54, 1.807) is 0 Å². The molecule has 4 nitrogen and oxygen atoms in total. The summed E-state index contributed by atoms with van der Waals surface area (Å²) in [4.78, 5) is 2.16. The average molecular weight is 408 g/mol. The summed E-state index contributed by atoms with van der Waals surface area (Å²) in [6.45, 7) is 0.879. The van der Waals surface area contributed by atoms with Gasteiger partial charge in [0.25, 0.3) is 0 Å². The smallest absolute Gasteiger partial charge is 0.262 e. The van der Waals surface area contributed by atoms with Crippen molar-refractivity contribution in [2.75, 3.05) is 28.2 Å². The second-order valence-electron chi connectivity index (χ2n) is 7.69. The SMILES string of the molecule is CN(C)C(SCc1ccc(C[n+]2ccc(-c3cc[n+](C)cc3)cc2)cc1)=[N+](C)C. The van der Waals surface area contributed by atoms with Gasteiger partial charge in [-0.1, -0.05) is 24.3 Å². The van der Waals surface area contributed by atoms with Crippen molar-refractivity contribution in [1.29, 1.82) is 0 Å². The van der Waals surface area contributed by atoms with Crippen LogP contribution >= 0.6 is 11.8 Å². The van der Waals surface area contributed by atoms with E-state index in [4.69, 9.17) is 0 Å². The number of hydrogen-bond donors (Lipinski definition) is 0. The first-order chi connectivity index (χ1) is 13.9. The van der Waals surface area contributed by atoms with Crippen LogP contribution in [0.1, 0.15) is 11.1 Å². The molecule has 0 fully saturated rings. The topological polar surface area (TPSA) is 14.0 Å². The standard InChI is InChI=1S/C24H31N4S/c1-25(2)24(26(3)4)29-19-21-8-6-20(7-9-21)18-28-16-12-23(13-17-28)22-10-14-27(5)15-11-22/h6-17H,18-19H2,1-5H3/q+3. The van der Waals surface area contributed by atoms with Crippen molar-refractivity contribution in [3.05, 3.63) is 84.4 Å². The zero-order valence-corrected chi connectivity index (χ0v) is 18.9. The normalized spacial score (nSPS) is 10.7. The van der Waals surface area contributed by atoms with E-state index in [1.165, 1.54) is 27.4 Å². The lowest BCUT2D eigenvalue weighted by atomic mass is 10.1. The van der Waals surface area contributed by atoms with E-state index in [9.17, 15) is 0 Å². The molecule has 0 spiro atoms. The Morgan fingerprint density at radius 3 is 1.86 bits per heavy atom. The predicted molar refractivity (Wildman–Crippen MR) is 121 cm³/mol. The Balaban J connectivity index is 1.61. The molecule has 0 saturated carbocycles. The fraction of sp³-hybridized carbons (Fsp3) is 0.292. The lowest BCUT2D eigenvalue weighted by molar-refractivity contribution is -0.688. The molecule has 5 heteroatoms. The molecule has 0 aliphatic carbocycles. The van der Waals surface area contributed by atoms with E-state index in [2.05, 4.69) is 120 Å². The Bertz CT molecular complexity index is 955. The van der Waals surface area contributed by atoms with Crippen LogP contribution in [-0.4, -0.2) is 42.8 Å². The van der Waals surface area contributed by atoms with Crippen molar-refractivity contribution >= 4 is 16.9 Å². The second kappa shape index (κ2) is 9.70. The van der Waals surface area contributed by atoms with Gasteiger partial charge in [-0.15, -0.1) is 0 Å². The van der Waals surface area contributed by atoms with E-state index in [1.807, 2.05) is 18.8 Å². The maximum atomic E-state index is 2.24. The van der Waals surface area contributed by atoms with Crippen LogP contribution in [0.25, 0.3) is 11.1 Å². The van der Waals surface area contributed by atoms with E-state index in [0.29, 0.717) is 0 Å². The van der Waals surface area contributed by atoms with Crippen LogP contribution in [0.15, 0.2) is 73.3 Å². The van der Waals surface area contributed by atoms with Gasteiger partial charge in [-0.25, -0.2) is 9.13 Å². The van der Waals surface area contributed by atoms with Gasteiger partial charge in [0.15, 0.2) is 31.3 Å². The number of nitrogens with zero attached hydrogens (tertiary/aromatic N) is 4. The summed E-state index contributed by atoms with van der Waals surface area (Å²) in [7, 11) is 10.4. The summed E-state index contributed by atoms with van der Waals surface area (Å²) in [6, 6.07) is 17.6. The molecule has 2 aromatic heterocycles. The molecule has 29 heavy (non-hydrogen) atoms. The number of benzene rings is 1. The minimum atomic E-state index is 0.879. The quantitative estimate of drug-likeness (QED) is 0.367. The Morgan fingerprint density at radius 2 is 1.34 bits per heavy atom. The molecule has 2 heterocycles. The van der Waals surface area contributed by atoms with E-state index in [0.717, 1.165) is 12.3 Å². The van der Waals surface area contributed by atoms with E-state index >= 15 is 0 Å². The maximum Gasteiger partial charge on any atom is 0.307 e. The number of rotatable bonds is 5. The predicted octanol–water partition coefficient (Wildman–Crippen LogP) is 2.94. The van der Waals surface area contributed by atoms with Crippen molar-refractivity contribution < 1.29 is 13.7 Å². The number of aryl methyl sites for hydroxylation is 1. The molecule has 0 saturated heterocycles. The van der Waals surface area contributed by atoms with Crippen molar-refractivity contribution in [3.8, 4) is 11.1 Å². The molecule has 1 aromatic carbocycles. The fourth-order valence-electron chi connectivity index (χ4n) is 3.21. The molecule has 3 aromatic rings. The first kappa shape index (κ1) is 21.1. The molecule has 0 unspecified atom stereocenters. The Kier molecular flexibility index (Phi) is 7.04. The Morgan fingerprint density at radius 1 is 0.828 bits per heavy atom. The molecular formula is C24H31N4S+3. The van der Waals surface area contributed by atoms with Crippen LogP contribution in [0.5, 0.6) is 0 Å². The van der Waals surface area contributed by atoms with Gasteiger partial charge in [0.1, 0.15) is 7.05 Å². The van der Waals surface area contributed by atoms with Gasteiger partial charge in [-0.2, -0.15) is 0 Å². The molecule has 0 aliphatic rings. The summed E-state index contributed by atoms with van der Waals surface area (Å²) in [5.41, 5.74) is 5.14. The third-order valence-corrected chi connectivity index (χ3v) is 6.19.